The minimum absolute atomic E-state index is 0.00833. The van der Waals surface area contributed by atoms with Crippen LogP contribution in [-0.4, -0.2) is 47.4 Å². The van der Waals surface area contributed by atoms with Gasteiger partial charge in [0.2, 0.25) is 5.91 Å². The number of ether oxygens (including phenoxy) is 1. The van der Waals surface area contributed by atoms with E-state index in [1.165, 1.54) is 244 Å². The average Bonchev–Trinajstić information content (AvgIpc) is 3.26. The van der Waals surface area contributed by atoms with E-state index in [0.717, 1.165) is 38.5 Å². The fourth-order valence-electron chi connectivity index (χ4n) is 8.88. The largest absolute Gasteiger partial charge is 0.466 e. The van der Waals surface area contributed by atoms with Crippen LogP contribution in [0.25, 0.3) is 0 Å². The molecule has 3 N–H and O–H groups in total. The van der Waals surface area contributed by atoms with E-state index in [4.69, 9.17) is 4.74 Å². The number of rotatable bonds is 52. The van der Waals surface area contributed by atoms with Crippen LogP contribution in [0, 0.1) is 0 Å². The van der Waals surface area contributed by atoms with Crippen molar-refractivity contribution in [3.8, 4) is 0 Å². The van der Waals surface area contributed by atoms with E-state index in [1.807, 2.05) is 0 Å². The Morgan fingerprint density at radius 1 is 0.393 bits per heavy atom. The summed E-state index contributed by atoms with van der Waals surface area (Å²) in [5, 5.41) is 23.1. The molecule has 364 valence electrons. The zero-order valence-corrected chi connectivity index (χ0v) is 41.4. The highest BCUT2D eigenvalue weighted by Crippen LogP contribution is 2.18. The number of aliphatic hydroxyl groups is 2. The van der Waals surface area contributed by atoms with E-state index in [0.29, 0.717) is 25.9 Å². The van der Waals surface area contributed by atoms with Crippen LogP contribution < -0.4 is 5.32 Å². The molecule has 0 aromatic carbocycles. The van der Waals surface area contributed by atoms with Gasteiger partial charge in [-0.3, -0.25) is 9.59 Å². The molecule has 1 amide bonds. The second-order valence-corrected chi connectivity index (χ2v) is 19.3. The Labute approximate surface area is 381 Å². The molecule has 0 radical (unpaired) electrons. The first-order chi connectivity index (χ1) is 30.0. The van der Waals surface area contributed by atoms with Gasteiger partial charge in [0.1, 0.15) is 0 Å². The molecule has 6 heteroatoms. The number of unbranched alkanes of at least 4 members (excludes halogenated alkanes) is 41. The predicted molar refractivity (Wildman–Crippen MR) is 264 cm³/mol. The third kappa shape index (κ3) is 48.2. The summed E-state index contributed by atoms with van der Waals surface area (Å²) < 4.78 is 5.49. The van der Waals surface area contributed by atoms with Crippen molar-refractivity contribution in [1.82, 2.24) is 5.32 Å². The summed E-state index contributed by atoms with van der Waals surface area (Å²) in [4.78, 5) is 24.5. The Hall–Kier alpha value is -1.14. The van der Waals surface area contributed by atoms with E-state index >= 15 is 0 Å². The number of carbonyl (C=O) groups is 2. The van der Waals surface area contributed by atoms with Gasteiger partial charge >= 0.3 is 5.97 Å². The Balaban J connectivity index is 3.35. The minimum Gasteiger partial charge on any atom is -0.466 e. The van der Waals surface area contributed by atoms with Gasteiger partial charge in [-0.2, -0.15) is 0 Å². The van der Waals surface area contributed by atoms with Crippen molar-refractivity contribution in [2.24, 2.45) is 0 Å². The second-order valence-electron chi connectivity index (χ2n) is 19.3. The minimum atomic E-state index is -0.665. The predicted octanol–water partition coefficient (Wildman–Crippen LogP) is 16.7. The zero-order valence-electron chi connectivity index (χ0n) is 41.4. The van der Waals surface area contributed by atoms with E-state index in [2.05, 4.69) is 19.2 Å². The van der Waals surface area contributed by atoms with Gasteiger partial charge in [-0.05, 0) is 25.7 Å². The molecule has 61 heavy (non-hydrogen) atoms. The van der Waals surface area contributed by atoms with Crippen LogP contribution in [0.2, 0.25) is 0 Å². The molecule has 0 spiro atoms. The molecule has 2 atom stereocenters. The molecule has 0 aliphatic carbocycles. The van der Waals surface area contributed by atoms with Gasteiger partial charge in [0, 0.05) is 12.8 Å². The molecule has 0 bridgehead atoms. The van der Waals surface area contributed by atoms with Crippen LogP contribution in [0.4, 0.5) is 0 Å². The summed E-state index contributed by atoms with van der Waals surface area (Å²) in [7, 11) is 0. The molecule has 0 aromatic heterocycles. The van der Waals surface area contributed by atoms with Crippen molar-refractivity contribution >= 4 is 11.9 Å². The Kier molecular flexibility index (Phi) is 50.5. The van der Waals surface area contributed by atoms with Crippen LogP contribution in [-0.2, 0) is 14.3 Å². The third-order valence-electron chi connectivity index (χ3n) is 13.2. The molecule has 0 aromatic rings. The van der Waals surface area contributed by atoms with E-state index in [-0.39, 0.29) is 18.5 Å². The first-order valence-electron chi connectivity index (χ1n) is 27.8. The topological polar surface area (TPSA) is 95.9 Å². The van der Waals surface area contributed by atoms with E-state index < -0.39 is 12.1 Å². The maximum atomic E-state index is 12.4. The van der Waals surface area contributed by atoms with Crippen molar-refractivity contribution in [3.63, 3.8) is 0 Å². The van der Waals surface area contributed by atoms with Crippen LogP contribution in [0.5, 0.6) is 0 Å². The maximum absolute atomic E-state index is 12.4. The first kappa shape index (κ1) is 59.9. The quantitative estimate of drug-likeness (QED) is 0.0418. The molecule has 0 heterocycles. The number of aliphatic hydroxyl groups excluding tert-OH is 2. The number of nitrogens with one attached hydrogen (secondary N) is 1. The normalized spacial score (nSPS) is 12.5. The molecule has 0 saturated carbocycles. The molecule has 6 nitrogen and oxygen atoms in total. The lowest BCUT2D eigenvalue weighted by atomic mass is 10.0. The number of hydrogen-bond donors (Lipinski definition) is 3. The second kappa shape index (κ2) is 51.5. The van der Waals surface area contributed by atoms with Crippen molar-refractivity contribution < 1.29 is 24.5 Å². The van der Waals surface area contributed by atoms with Gasteiger partial charge in [0.25, 0.3) is 0 Å². The number of amides is 1. The van der Waals surface area contributed by atoms with Gasteiger partial charge in [0.15, 0.2) is 0 Å². The van der Waals surface area contributed by atoms with Gasteiger partial charge in [0.05, 0.1) is 25.4 Å². The fraction of sp³-hybridized carbons (Fsp3) is 0.964. The summed E-state index contributed by atoms with van der Waals surface area (Å²) in [5.41, 5.74) is 0. The first-order valence-corrected chi connectivity index (χ1v) is 27.8. The summed E-state index contributed by atoms with van der Waals surface area (Å²) in [6.45, 7) is 4.94. The highest BCUT2D eigenvalue weighted by atomic mass is 16.5. The lowest BCUT2D eigenvalue weighted by Gasteiger charge is -2.22. The lowest BCUT2D eigenvalue weighted by Crippen LogP contribution is -2.45. The van der Waals surface area contributed by atoms with Gasteiger partial charge in [-0.25, -0.2) is 0 Å². The third-order valence-corrected chi connectivity index (χ3v) is 13.2. The molecule has 0 aliphatic rings. The molecule has 0 saturated heterocycles. The standard InChI is InChI=1S/C55H109NO5/c1-3-5-7-9-11-13-14-15-16-17-18-19-23-26-29-33-37-41-45-49-55(60)61-50-46-42-38-34-30-27-24-21-20-22-25-28-32-36-40-44-48-54(59)56-52(51-57)53(58)47-43-39-35-31-12-10-8-6-4-2/h52-53,57-58H,3-51H2,1-2H3,(H,56,59). The molecule has 2 unspecified atom stereocenters. The molecule has 0 rings (SSSR count). The van der Waals surface area contributed by atoms with Crippen LogP contribution in [0.3, 0.4) is 0 Å². The summed E-state index contributed by atoms with van der Waals surface area (Å²) in [5.74, 6) is -0.0342. The van der Waals surface area contributed by atoms with E-state index in [1.54, 1.807) is 0 Å². The summed E-state index contributed by atoms with van der Waals surface area (Å²) in [6.07, 6.45) is 58.1. The van der Waals surface area contributed by atoms with Crippen molar-refractivity contribution in [2.75, 3.05) is 13.2 Å². The molecule has 0 fully saturated rings. The molecular weight excluding hydrogens is 755 g/mol. The van der Waals surface area contributed by atoms with Gasteiger partial charge in [-0.1, -0.05) is 277 Å². The number of esters is 1. The van der Waals surface area contributed by atoms with Gasteiger partial charge in [-0.15, -0.1) is 0 Å². The highest BCUT2D eigenvalue weighted by Gasteiger charge is 2.20. The van der Waals surface area contributed by atoms with Crippen LogP contribution in [0.1, 0.15) is 316 Å². The Bertz CT molecular complexity index is 867. The molecular formula is C55H109NO5. The smallest absolute Gasteiger partial charge is 0.305 e. The number of hydrogen-bond acceptors (Lipinski definition) is 5. The summed E-state index contributed by atoms with van der Waals surface area (Å²) >= 11 is 0. The van der Waals surface area contributed by atoms with Crippen LogP contribution in [0.15, 0.2) is 0 Å². The Morgan fingerprint density at radius 3 is 1.00 bits per heavy atom. The fourth-order valence-corrected chi connectivity index (χ4v) is 8.88. The van der Waals surface area contributed by atoms with Crippen molar-refractivity contribution in [2.45, 2.75) is 328 Å². The van der Waals surface area contributed by atoms with Crippen molar-refractivity contribution in [3.05, 3.63) is 0 Å². The lowest BCUT2D eigenvalue weighted by molar-refractivity contribution is -0.143. The Morgan fingerprint density at radius 2 is 0.672 bits per heavy atom. The average molecular weight is 864 g/mol. The monoisotopic (exact) mass is 864 g/mol. The SMILES string of the molecule is CCCCCCCCCCCCCCCCCCCCCC(=O)OCCCCCCCCCCCCCCCCCCC(=O)NC(CO)C(O)CCCCCCCCCCC. The van der Waals surface area contributed by atoms with E-state index in [9.17, 15) is 19.8 Å². The zero-order chi connectivity index (χ0) is 44.4. The van der Waals surface area contributed by atoms with Crippen molar-refractivity contribution in [1.29, 1.82) is 0 Å². The highest BCUT2D eigenvalue weighted by molar-refractivity contribution is 5.76. The van der Waals surface area contributed by atoms with Gasteiger partial charge < -0.3 is 20.3 Å². The summed E-state index contributed by atoms with van der Waals surface area (Å²) in [6, 6.07) is -0.543. The van der Waals surface area contributed by atoms with Crippen LogP contribution >= 0.6 is 0 Å². The number of carbonyl (C=O) groups excluding carboxylic acids is 2. The maximum Gasteiger partial charge on any atom is 0.305 e. The molecule has 0 aliphatic heterocycles.